The first-order valence-electron chi connectivity index (χ1n) is 6.57. The Morgan fingerprint density at radius 2 is 2.05 bits per heavy atom. The third-order valence-corrected chi connectivity index (χ3v) is 3.48. The summed E-state index contributed by atoms with van der Waals surface area (Å²) in [7, 11) is 0. The Morgan fingerprint density at radius 1 is 1.32 bits per heavy atom. The van der Waals surface area contributed by atoms with E-state index in [1.54, 1.807) is 0 Å². The zero-order valence-corrected chi connectivity index (χ0v) is 13.2. The Balaban J connectivity index is 2.13. The Morgan fingerprint density at radius 3 is 2.64 bits per heavy atom. The molecule has 1 aromatic heterocycles. The first kappa shape index (κ1) is 16.5. The van der Waals surface area contributed by atoms with Gasteiger partial charge in [0.15, 0.2) is 0 Å². The van der Waals surface area contributed by atoms with Gasteiger partial charge in [0.1, 0.15) is 17.4 Å². The maximum atomic E-state index is 13.8. The summed E-state index contributed by atoms with van der Waals surface area (Å²) in [5.41, 5.74) is -0.173. The smallest absolute Gasteiger partial charge is 0.387 e. The van der Waals surface area contributed by atoms with Crippen LogP contribution in [-0.4, -0.2) is 16.0 Å². The number of rotatable bonds is 5. The molecule has 120 valence electrons. The monoisotopic (exact) mass is 331 g/mol. The highest BCUT2D eigenvalue weighted by Gasteiger charge is 2.20. The van der Waals surface area contributed by atoms with Gasteiger partial charge in [0, 0.05) is 29.1 Å². The molecule has 1 aromatic carbocycles. The first-order chi connectivity index (χ1) is 10.3. The molecule has 1 N–H and O–H groups in total. The Labute approximate surface area is 130 Å². The SMILES string of the molecule is CC(C)(C)c1nsc(NCc2c(F)cccc2OC(F)F)n1. The first-order valence-corrected chi connectivity index (χ1v) is 7.35. The predicted molar refractivity (Wildman–Crippen MR) is 79.0 cm³/mol. The molecule has 1 heterocycles. The van der Waals surface area contributed by atoms with Crippen LogP contribution in [0.25, 0.3) is 0 Å². The number of hydrogen-bond acceptors (Lipinski definition) is 5. The van der Waals surface area contributed by atoms with Crippen LogP contribution in [0.5, 0.6) is 5.75 Å². The van der Waals surface area contributed by atoms with Gasteiger partial charge >= 0.3 is 6.61 Å². The lowest BCUT2D eigenvalue weighted by molar-refractivity contribution is -0.0505. The largest absolute Gasteiger partial charge is 0.434 e. The van der Waals surface area contributed by atoms with Gasteiger partial charge in [0.25, 0.3) is 0 Å². The molecule has 0 spiro atoms. The molecule has 0 aliphatic carbocycles. The summed E-state index contributed by atoms with van der Waals surface area (Å²) < 4.78 is 47.0. The van der Waals surface area contributed by atoms with E-state index in [0.717, 1.165) is 11.5 Å². The fourth-order valence-electron chi connectivity index (χ4n) is 1.68. The molecule has 4 nitrogen and oxygen atoms in total. The predicted octanol–water partition coefficient (Wildman–Crippen LogP) is 4.19. The summed E-state index contributed by atoms with van der Waals surface area (Å²) >= 11 is 1.14. The molecule has 2 aromatic rings. The van der Waals surface area contributed by atoms with Crippen molar-refractivity contribution in [2.24, 2.45) is 0 Å². The molecule has 0 aliphatic heterocycles. The standard InChI is InChI=1S/C14H16F3N3OS/c1-14(2,3)11-19-13(22-20-11)18-7-8-9(15)5-4-6-10(8)21-12(16)17/h4-6,12H,7H2,1-3H3,(H,18,19,20). The number of halogens is 3. The lowest BCUT2D eigenvalue weighted by Crippen LogP contribution is -2.13. The number of anilines is 1. The molecule has 0 bridgehead atoms. The highest BCUT2D eigenvalue weighted by molar-refractivity contribution is 7.09. The van der Waals surface area contributed by atoms with Crippen molar-refractivity contribution in [2.45, 2.75) is 39.3 Å². The van der Waals surface area contributed by atoms with Gasteiger partial charge in [-0.2, -0.15) is 13.2 Å². The summed E-state index contributed by atoms with van der Waals surface area (Å²) in [5, 5.41) is 3.38. The second-order valence-electron chi connectivity index (χ2n) is 5.62. The molecule has 0 atom stereocenters. The molecule has 0 aliphatic rings. The second kappa shape index (κ2) is 6.51. The Hall–Kier alpha value is -1.83. The van der Waals surface area contributed by atoms with Crippen molar-refractivity contribution < 1.29 is 17.9 Å². The van der Waals surface area contributed by atoms with Gasteiger partial charge in [-0.25, -0.2) is 9.37 Å². The highest BCUT2D eigenvalue weighted by atomic mass is 32.1. The van der Waals surface area contributed by atoms with Gasteiger partial charge < -0.3 is 10.1 Å². The van der Waals surface area contributed by atoms with E-state index in [9.17, 15) is 13.2 Å². The van der Waals surface area contributed by atoms with Gasteiger partial charge in [-0.1, -0.05) is 26.8 Å². The minimum absolute atomic E-state index is 0.0203. The van der Waals surface area contributed by atoms with Crippen LogP contribution in [0, 0.1) is 5.82 Å². The van der Waals surface area contributed by atoms with E-state index in [1.165, 1.54) is 18.2 Å². The fourth-order valence-corrected chi connectivity index (χ4v) is 2.43. The number of benzene rings is 1. The molecule has 0 radical (unpaired) electrons. The number of hydrogen-bond donors (Lipinski definition) is 1. The average molecular weight is 331 g/mol. The lowest BCUT2D eigenvalue weighted by atomic mass is 9.96. The molecular formula is C14H16F3N3OS. The third kappa shape index (κ3) is 4.09. The third-order valence-electron chi connectivity index (χ3n) is 2.81. The number of alkyl halides is 2. The van der Waals surface area contributed by atoms with E-state index < -0.39 is 12.4 Å². The second-order valence-corrected chi connectivity index (χ2v) is 6.37. The van der Waals surface area contributed by atoms with E-state index in [4.69, 9.17) is 0 Å². The van der Waals surface area contributed by atoms with Crippen LogP contribution in [-0.2, 0) is 12.0 Å². The molecule has 0 fully saturated rings. The Bertz CT molecular complexity index is 641. The van der Waals surface area contributed by atoms with Gasteiger partial charge in [0.2, 0.25) is 5.13 Å². The minimum Gasteiger partial charge on any atom is -0.434 e. The van der Waals surface area contributed by atoms with Gasteiger partial charge in [-0.05, 0) is 12.1 Å². The van der Waals surface area contributed by atoms with Crippen LogP contribution in [0.3, 0.4) is 0 Å². The molecule has 0 saturated heterocycles. The average Bonchev–Trinajstić information content (AvgIpc) is 2.86. The van der Waals surface area contributed by atoms with Gasteiger partial charge in [-0.15, -0.1) is 0 Å². The molecule has 8 heteroatoms. The van der Waals surface area contributed by atoms with E-state index >= 15 is 0 Å². The highest BCUT2D eigenvalue weighted by Crippen LogP contribution is 2.26. The van der Waals surface area contributed by atoms with E-state index in [2.05, 4.69) is 19.4 Å². The van der Waals surface area contributed by atoms with Crippen molar-refractivity contribution in [1.82, 2.24) is 9.36 Å². The van der Waals surface area contributed by atoms with Crippen LogP contribution >= 0.6 is 11.5 Å². The van der Waals surface area contributed by atoms with Crippen molar-refractivity contribution in [1.29, 1.82) is 0 Å². The van der Waals surface area contributed by atoms with Crippen molar-refractivity contribution in [3.05, 3.63) is 35.4 Å². The quantitative estimate of drug-likeness (QED) is 0.892. The lowest BCUT2D eigenvalue weighted by Gasteiger charge is -2.13. The van der Waals surface area contributed by atoms with E-state index in [0.29, 0.717) is 11.0 Å². The van der Waals surface area contributed by atoms with Crippen LogP contribution in [0.2, 0.25) is 0 Å². The number of ether oxygens (including phenoxy) is 1. The molecule has 22 heavy (non-hydrogen) atoms. The van der Waals surface area contributed by atoms with Gasteiger partial charge in [-0.3, -0.25) is 0 Å². The van der Waals surface area contributed by atoms with Gasteiger partial charge in [0.05, 0.1) is 0 Å². The molecule has 0 saturated carbocycles. The van der Waals surface area contributed by atoms with Crippen LogP contribution in [0.1, 0.15) is 32.2 Å². The van der Waals surface area contributed by atoms with Crippen LogP contribution in [0.4, 0.5) is 18.3 Å². The summed E-state index contributed by atoms with van der Waals surface area (Å²) in [6.45, 7) is 2.90. The number of aromatic nitrogens is 2. The molecule has 0 amide bonds. The van der Waals surface area contributed by atoms with E-state index in [-0.39, 0.29) is 23.3 Å². The summed E-state index contributed by atoms with van der Waals surface area (Å²) in [6, 6.07) is 3.81. The zero-order chi connectivity index (χ0) is 16.3. The molecule has 2 rings (SSSR count). The van der Waals surface area contributed by atoms with Crippen molar-refractivity contribution in [2.75, 3.05) is 5.32 Å². The fraction of sp³-hybridized carbons (Fsp3) is 0.429. The topological polar surface area (TPSA) is 47.0 Å². The van der Waals surface area contributed by atoms with Crippen molar-refractivity contribution >= 4 is 16.7 Å². The van der Waals surface area contributed by atoms with Crippen LogP contribution in [0.15, 0.2) is 18.2 Å². The molecule has 0 unspecified atom stereocenters. The summed E-state index contributed by atoms with van der Waals surface area (Å²) in [6.07, 6.45) is 0. The number of nitrogens with zero attached hydrogens (tertiary/aromatic N) is 2. The van der Waals surface area contributed by atoms with Crippen molar-refractivity contribution in [3.8, 4) is 5.75 Å². The minimum atomic E-state index is -3.01. The summed E-state index contributed by atoms with van der Waals surface area (Å²) in [5.74, 6) is -0.146. The molecular weight excluding hydrogens is 315 g/mol. The number of nitrogens with one attached hydrogen (secondary N) is 1. The Kier molecular flexibility index (Phi) is 4.90. The van der Waals surface area contributed by atoms with Crippen LogP contribution < -0.4 is 10.1 Å². The zero-order valence-electron chi connectivity index (χ0n) is 12.4. The maximum Gasteiger partial charge on any atom is 0.387 e. The van der Waals surface area contributed by atoms with E-state index in [1.807, 2.05) is 20.8 Å². The normalized spacial score (nSPS) is 11.8. The summed E-state index contributed by atoms with van der Waals surface area (Å²) in [4.78, 5) is 4.30. The maximum absolute atomic E-state index is 13.8. The van der Waals surface area contributed by atoms with Crippen molar-refractivity contribution in [3.63, 3.8) is 0 Å².